The van der Waals surface area contributed by atoms with Gasteiger partial charge >= 0.3 is 0 Å². The Morgan fingerprint density at radius 3 is 2.72 bits per heavy atom. The van der Waals surface area contributed by atoms with E-state index in [4.69, 9.17) is 10.5 Å². The number of Topliss-reactive ketones (excluding diaryl/α,β-unsaturated/α-hetero) is 1. The number of methoxy groups -OCH3 is 1. The van der Waals surface area contributed by atoms with Crippen LogP contribution in [0.15, 0.2) is 42.6 Å². The summed E-state index contributed by atoms with van der Waals surface area (Å²) in [4.78, 5) is 30.9. The van der Waals surface area contributed by atoms with Gasteiger partial charge in [-0.3, -0.25) is 9.59 Å². The number of anilines is 1. The summed E-state index contributed by atoms with van der Waals surface area (Å²) < 4.78 is 5.31. The summed E-state index contributed by atoms with van der Waals surface area (Å²) in [5.41, 5.74) is 6.43. The molecule has 1 amide bonds. The number of hydrogen-bond acceptors (Lipinski definition) is 5. The van der Waals surface area contributed by atoms with E-state index in [0.29, 0.717) is 29.2 Å². The maximum atomic E-state index is 13.0. The Labute approximate surface area is 146 Å². The van der Waals surface area contributed by atoms with Gasteiger partial charge in [0.2, 0.25) is 0 Å². The standard InChI is InChI=1S/C19H21N3O3/c1-25-16-9-3-2-7-14(16)17(23)13-6-5-11-22(12-13)19-15(18(20)24)8-4-10-21-19/h2-4,7-10,13H,5-6,11-12H2,1H3,(H2,20,24)/t13-/m0/s1. The molecule has 6 nitrogen and oxygen atoms in total. The molecule has 1 aliphatic rings. The number of benzene rings is 1. The molecule has 1 atom stereocenters. The second kappa shape index (κ2) is 7.34. The van der Waals surface area contributed by atoms with Gasteiger partial charge in [-0.15, -0.1) is 0 Å². The lowest BCUT2D eigenvalue weighted by Crippen LogP contribution is -2.40. The minimum atomic E-state index is -0.513. The number of aromatic nitrogens is 1. The summed E-state index contributed by atoms with van der Waals surface area (Å²) in [6.07, 6.45) is 3.28. The summed E-state index contributed by atoms with van der Waals surface area (Å²) in [6, 6.07) is 10.6. The fourth-order valence-corrected chi connectivity index (χ4v) is 3.29. The molecule has 0 aliphatic carbocycles. The van der Waals surface area contributed by atoms with E-state index in [9.17, 15) is 9.59 Å². The highest BCUT2D eigenvalue weighted by Crippen LogP contribution is 2.29. The third-order valence-corrected chi connectivity index (χ3v) is 4.52. The van der Waals surface area contributed by atoms with Crippen LogP contribution in [0.5, 0.6) is 5.75 Å². The van der Waals surface area contributed by atoms with Crippen molar-refractivity contribution in [3.63, 3.8) is 0 Å². The Morgan fingerprint density at radius 1 is 1.20 bits per heavy atom. The Hall–Kier alpha value is -2.89. The molecule has 1 fully saturated rings. The fraction of sp³-hybridized carbons (Fsp3) is 0.316. The Balaban J connectivity index is 1.84. The second-order valence-electron chi connectivity index (χ2n) is 6.09. The maximum Gasteiger partial charge on any atom is 0.252 e. The van der Waals surface area contributed by atoms with E-state index in [2.05, 4.69) is 4.98 Å². The molecule has 1 aromatic carbocycles. The Morgan fingerprint density at radius 2 is 1.96 bits per heavy atom. The molecule has 2 heterocycles. The zero-order valence-electron chi connectivity index (χ0n) is 14.1. The van der Waals surface area contributed by atoms with Gasteiger partial charge < -0.3 is 15.4 Å². The number of amides is 1. The van der Waals surface area contributed by atoms with Gasteiger partial charge in [-0.1, -0.05) is 12.1 Å². The SMILES string of the molecule is COc1ccccc1C(=O)[C@H]1CCCN(c2ncccc2C(N)=O)C1. The number of hydrogen-bond donors (Lipinski definition) is 1. The van der Waals surface area contributed by atoms with E-state index in [0.717, 1.165) is 19.4 Å². The summed E-state index contributed by atoms with van der Waals surface area (Å²) in [5.74, 6) is 0.501. The smallest absolute Gasteiger partial charge is 0.252 e. The number of pyridine rings is 1. The van der Waals surface area contributed by atoms with Crippen LogP contribution in [0.3, 0.4) is 0 Å². The zero-order valence-corrected chi connectivity index (χ0v) is 14.1. The molecule has 1 aromatic heterocycles. The monoisotopic (exact) mass is 339 g/mol. The normalized spacial score (nSPS) is 17.2. The third kappa shape index (κ3) is 3.47. The van der Waals surface area contributed by atoms with Crippen LogP contribution >= 0.6 is 0 Å². The predicted molar refractivity (Wildman–Crippen MR) is 95.0 cm³/mol. The number of rotatable bonds is 5. The molecule has 2 aromatic rings. The number of piperidine rings is 1. The molecule has 25 heavy (non-hydrogen) atoms. The quantitative estimate of drug-likeness (QED) is 0.845. The average molecular weight is 339 g/mol. The lowest BCUT2D eigenvalue weighted by molar-refractivity contribution is 0.0904. The first-order chi connectivity index (χ1) is 12.1. The van der Waals surface area contributed by atoms with Gasteiger partial charge in [-0.25, -0.2) is 4.98 Å². The minimum absolute atomic E-state index is 0.0544. The molecule has 1 aliphatic heterocycles. The fourth-order valence-electron chi connectivity index (χ4n) is 3.29. The predicted octanol–water partition coefficient (Wildman–Crippen LogP) is 2.29. The zero-order chi connectivity index (χ0) is 17.8. The first-order valence-corrected chi connectivity index (χ1v) is 8.29. The minimum Gasteiger partial charge on any atom is -0.496 e. The molecule has 0 unspecified atom stereocenters. The van der Waals surface area contributed by atoms with Crippen molar-refractivity contribution in [2.45, 2.75) is 12.8 Å². The van der Waals surface area contributed by atoms with Crippen molar-refractivity contribution < 1.29 is 14.3 Å². The number of carbonyl (C=O) groups is 2. The lowest BCUT2D eigenvalue weighted by Gasteiger charge is -2.33. The molecule has 0 bridgehead atoms. The highest BCUT2D eigenvalue weighted by atomic mass is 16.5. The van der Waals surface area contributed by atoms with Gasteiger partial charge in [0.25, 0.3) is 5.91 Å². The van der Waals surface area contributed by atoms with E-state index in [1.54, 1.807) is 37.6 Å². The molecular formula is C19H21N3O3. The van der Waals surface area contributed by atoms with Gasteiger partial charge in [0.05, 0.1) is 18.2 Å². The van der Waals surface area contributed by atoms with Crippen LogP contribution < -0.4 is 15.4 Å². The molecule has 0 saturated carbocycles. The van der Waals surface area contributed by atoms with Crippen LogP contribution in [0.4, 0.5) is 5.82 Å². The topological polar surface area (TPSA) is 85.5 Å². The number of ketones is 1. The molecule has 0 spiro atoms. The van der Waals surface area contributed by atoms with E-state index < -0.39 is 5.91 Å². The largest absolute Gasteiger partial charge is 0.496 e. The van der Waals surface area contributed by atoms with Gasteiger partial charge in [-0.2, -0.15) is 0 Å². The van der Waals surface area contributed by atoms with Crippen molar-refractivity contribution in [2.75, 3.05) is 25.1 Å². The molecule has 6 heteroatoms. The van der Waals surface area contributed by atoms with Crippen LogP contribution in [0.25, 0.3) is 0 Å². The Bertz CT molecular complexity index is 791. The average Bonchev–Trinajstić information content (AvgIpc) is 2.67. The summed E-state index contributed by atoms with van der Waals surface area (Å²) in [6.45, 7) is 1.25. The number of para-hydroxylation sites is 1. The van der Waals surface area contributed by atoms with E-state index in [1.807, 2.05) is 17.0 Å². The molecule has 0 radical (unpaired) electrons. The van der Waals surface area contributed by atoms with E-state index in [-0.39, 0.29) is 11.7 Å². The van der Waals surface area contributed by atoms with Crippen molar-refractivity contribution in [3.05, 3.63) is 53.7 Å². The third-order valence-electron chi connectivity index (χ3n) is 4.52. The van der Waals surface area contributed by atoms with Crippen molar-refractivity contribution in [3.8, 4) is 5.75 Å². The van der Waals surface area contributed by atoms with Crippen molar-refractivity contribution in [2.24, 2.45) is 11.7 Å². The molecule has 130 valence electrons. The number of primary amides is 1. The first-order valence-electron chi connectivity index (χ1n) is 8.29. The van der Waals surface area contributed by atoms with Crippen molar-refractivity contribution in [1.82, 2.24) is 4.98 Å². The maximum absolute atomic E-state index is 13.0. The number of carbonyl (C=O) groups excluding carboxylic acids is 2. The molecular weight excluding hydrogens is 318 g/mol. The van der Waals surface area contributed by atoms with E-state index >= 15 is 0 Å². The number of nitrogens with zero attached hydrogens (tertiary/aromatic N) is 2. The van der Waals surface area contributed by atoms with Crippen LogP contribution in [0.1, 0.15) is 33.6 Å². The first kappa shape index (κ1) is 17.0. The van der Waals surface area contributed by atoms with Crippen LogP contribution in [0, 0.1) is 5.92 Å². The van der Waals surface area contributed by atoms with E-state index in [1.165, 1.54) is 0 Å². The van der Waals surface area contributed by atoms with Gasteiger partial charge in [0.1, 0.15) is 11.6 Å². The summed E-state index contributed by atoms with van der Waals surface area (Å²) in [7, 11) is 1.56. The molecule has 3 rings (SSSR count). The van der Waals surface area contributed by atoms with Crippen molar-refractivity contribution >= 4 is 17.5 Å². The van der Waals surface area contributed by atoms with Crippen LogP contribution in [-0.2, 0) is 0 Å². The van der Waals surface area contributed by atoms with Gasteiger partial charge in [-0.05, 0) is 37.1 Å². The van der Waals surface area contributed by atoms with Crippen LogP contribution in [0.2, 0.25) is 0 Å². The van der Waals surface area contributed by atoms with Gasteiger partial charge in [0.15, 0.2) is 5.78 Å². The highest BCUT2D eigenvalue weighted by Gasteiger charge is 2.30. The summed E-state index contributed by atoms with van der Waals surface area (Å²) in [5, 5.41) is 0. The van der Waals surface area contributed by atoms with Crippen LogP contribution in [-0.4, -0.2) is 36.9 Å². The summed E-state index contributed by atoms with van der Waals surface area (Å²) >= 11 is 0. The van der Waals surface area contributed by atoms with Crippen molar-refractivity contribution in [1.29, 1.82) is 0 Å². The highest BCUT2D eigenvalue weighted by molar-refractivity contribution is 6.01. The molecule has 1 saturated heterocycles. The number of nitrogens with two attached hydrogens (primary N) is 1. The molecule has 2 N–H and O–H groups in total. The second-order valence-corrected chi connectivity index (χ2v) is 6.09. The Kier molecular flexibility index (Phi) is 4.97. The van der Waals surface area contributed by atoms with Gasteiger partial charge in [0, 0.05) is 25.2 Å². The number of ether oxygens (including phenoxy) is 1. The lowest BCUT2D eigenvalue weighted by atomic mass is 9.89.